The van der Waals surface area contributed by atoms with Gasteiger partial charge in [-0.25, -0.2) is 0 Å². The van der Waals surface area contributed by atoms with Crippen molar-refractivity contribution < 1.29 is 4.79 Å². The van der Waals surface area contributed by atoms with Crippen LogP contribution in [0.1, 0.15) is 12.8 Å². The van der Waals surface area contributed by atoms with Gasteiger partial charge in [0.05, 0.1) is 5.92 Å². The largest absolute Gasteiger partial charge is 0.325 e. The molecule has 0 unspecified atom stereocenters. The second-order valence-electron chi connectivity index (χ2n) is 6.00. The molecule has 1 atom stereocenters. The van der Waals surface area contributed by atoms with Gasteiger partial charge in [-0.05, 0) is 38.1 Å². The number of likely N-dealkylation sites (tertiary alicyclic amines) is 1. The fourth-order valence-electron chi connectivity index (χ4n) is 3.08. The summed E-state index contributed by atoms with van der Waals surface area (Å²) >= 11 is 0. The van der Waals surface area contributed by atoms with Crippen molar-refractivity contribution in [1.82, 2.24) is 4.90 Å². The molecule has 1 aliphatic heterocycles. The zero-order valence-electron chi connectivity index (χ0n) is 13.0. The molecule has 114 valence electrons. The molecule has 1 saturated heterocycles. The van der Waals surface area contributed by atoms with E-state index in [0.29, 0.717) is 0 Å². The number of para-hydroxylation sites is 1. The topological polar surface area (TPSA) is 32.3 Å². The molecule has 0 radical (unpaired) electrons. The maximum atomic E-state index is 12.6. The fourth-order valence-corrected chi connectivity index (χ4v) is 3.08. The number of rotatable bonds is 3. The SMILES string of the molecule is CN1CCC[C@@H](C(=O)Nc2ccccc2-c2ccccc2)C1. The molecule has 0 saturated carbocycles. The molecule has 1 aliphatic rings. The van der Waals surface area contributed by atoms with Crippen LogP contribution in [0.4, 0.5) is 5.69 Å². The van der Waals surface area contributed by atoms with E-state index in [0.717, 1.165) is 42.7 Å². The van der Waals surface area contributed by atoms with Gasteiger partial charge in [-0.2, -0.15) is 0 Å². The van der Waals surface area contributed by atoms with Crippen molar-refractivity contribution in [3.05, 3.63) is 54.6 Å². The number of nitrogens with one attached hydrogen (secondary N) is 1. The van der Waals surface area contributed by atoms with E-state index in [-0.39, 0.29) is 11.8 Å². The minimum Gasteiger partial charge on any atom is -0.325 e. The first-order valence-corrected chi connectivity index (χ1v) is 7.88. The van der Waals surface area contributed by atoms with Crippen LogP contribution in [0.15, 0.2) is 54.6 Å². The predicted molar refractivity (Wildman–Crippen MR) is 90.7 cm³/mol. The molecule has 2 aromatic carbocycles. The van der Waals surface area contributed by atoms with Crippen molar-refractivity contribution in [2.24, 2.45) is 5.92 Å². The van der Waals surface area contributed by atoms with E-state index in [1.165, 1.54) is 0 Å². The molecular weight excluding hydrogens is 272 g/mol. The van der Waals surface area contributed by atoms with Crippen molar-refractivity contribution in [1.29, 1.82) is 0 Å². The van der Waals surface area contributed by atoms with E-state index in [2.05, 4.69) is 35.5 Å². The van der Waals surface area contributed by atoms with Crippen molar-refractivity contribution in [2.75, 3.05) is 25.5 Å². The van der Waals surface area contributed by atoms with Gasteiger partial charge in [0.25, 0.3) is 0 Å². The smallest absolute Gasteiger partial charge is 0.228 e. The molecule has 3 nitrogen and oxygen atoms in total. The highest BCUT2D eigenvalue weighted by Gasteiger charge is 2.24. The minimum atomic E-state index is 0.0857. The number of carbonyl (C=O) groups excluding carboxylic acids is 1. The van der Waals surface area contributed by atoms with Gasteiger partial charge in [-0.1, -0.05) is 48.5 Å². The van der Waals surface area contributed by atoms with Crippen LogP contribution in [-0.2, 0) is 4.79 Å². The number of amides is 1. The van der Waals surface area contributed by atoms with E-state index < -0.39 is 0 Å². The second kappa shape index (κ2) is 6.75. The highest BCUT2D eigenvalue weighted by atomic mass is 16.1. The molecule has 0 spiro atoms. The Morgan fingerprint density at radius 2 is 1.82 bits per heavy atom. The highest BCUT2D eigenvalue weighted by Crippen LogP contribution is 2.28. The van der Waals surface area contributed by atoms with Gasteiger partial charge in [0.15, 0.2) is 0 Å². The average Bonchev–Trinajstić information content (AvgIpc) is 2.56. The summed E-state index contributed by atoms with van der Waals surface area (Å²) < 4.78 is 0. The minimum absolute atomic E-state index is 0.0857. The van der Waals surface area contributed by atoms with Gasteiger partial charge in [0.2, 0.25) is 5.91 Å². The number of carbonyl (C=O) groups is 1. The first-order chi connectivity index (χ1) is 10.7. The third-order valence-corrected chi connectivity index (χ3v) is 4.26. The molecular formula is C19H22N2O. The molecule has 3 heteroatoms. The van der Waals surface area contributed by atoms with Crippen LogP contribution < -0.4 is 5.32 Å². The summed E-state index contributed by atoms with van der Waals surface area (Å²) in [5.41, 5.74) is 3.09. The Morgan fingerprint density at radius 3 is 2.59 bits per heavy atom. The molecule has 0 aliphatic carbocycles. The van der Waals surface area contributed by atoms with Crippen LogP contribution in [0.3, 0.4) is 0 Å². The lowest BCUT2D eigenvalue weighted by atomic mass is 9.97. The summed E-state index contributed by atoms with van der Waals surface area (Å²) in [5.74, 6) is 0.220. The quantitative estimate of drug-likeness (QED) is 0.937. The van der Waals surface area contributed by atoms with Crippen LogP contribution in [0.25, 0.3) is 11.1 Å². The molecule has 1 heterocycles. The zero-order valence-corrected chi connectivity index (χ0v) is 13.0. The summed E-state index contributed by atoms with van der Waals surface area (Å²) in [7, 11) is 2.08. The molecule has 1 amide bonds. The average molecular weight is 294 g/mol. The number of nitrogens with zero attached hydrogens (tertiary/aromatic N) is 1. The summed E-state index contributed by atoms with van der Waals surface area (Å²) in [6.45, 7) is 1.93. The normalized spacial score (nSPS) is 18.9. The standard InChI is InChI=1S/C19H22N2O/c1-21-13-7-10-16(14-21)19(22)20-18-12-6-5-11-17(18)15-8-3-2-4-9-15/h2-6,8-9,11-12,16H,7,10,13-14H2,1H3,(H,20,22)/t16-/m1/s1. The van der Waals surface area contributed by atoms with E-state index >= 15 is 0 Å². The van der Waals surface area contributed by atoms with Gasteiger partial charge in [-0.15, -0.1) is 0 Å². The van der Waals surface area contributed by atoms with Gasteiger partial charge >= 0.3 is 0 Å². The highest BCUT2D eigenvalue weighted by molar-refractivity contribution is 5.96. The number of piperidine rings is 1. The lowest BCUT2D eigenvalue weighted by molar-refractivity contribution is -0.121. The van der Waals surface area contributed by atoms with Crippen LogP contribution in [-0.4, -0.2) is 30.9 Å². The maximum Gasteiger partial charge on any atom is 0.228 e. The van der Waals surface area contributed by atoms with Crippen molar-refractivity contribution >= 4 is 11.6 Å². The van der Waals surface area contributed by atoms with Crippen molar-refractivity contribution in [3.63, 3.8) is 0 Å². The van der Waals surface area contributed by atoms with Crippen molar-refractivity contribution in [2.45, 2.75) is 12.8 Å². The summed E-state index contributed by atoms with van der Waals surface area (Å²) in [4.78, 5) is 14.8. The Bertz CT molecular complexity index is 639. The molecule has 3 rings (SSSR count). The van der Waals surface area contributed by atoms with Crippen LogP contribution in [0.5, 0.6) is 0 Å². The number of hydrogen-bond acceptors (Lipinski definition) is 2. The Hall–Kier alpha value is -2.13. The van der Waals surface area contributed by atoms with Crippen molar-refractivity contribution in [3.8, 4) is 11.1 Å². The maximum absolute atomic E-state index is 12.6. The Morgan fingerprint density at radius 1 is 1.09 bits per heavy atom. The molecule has 0 bridgehead atoms. The lowest BCUT2D eigenvalue weighted by Crippen LogP contribution is -2.38. The Labute approximate surface area is 132 Å². The first-order valence-electron chi connectivity index (χ1n) is 7.88. The Balaban J connectivity index is 1.79. The summed E-state index contributed by atoms with van der Waals surface area (Å²) in [5, 5.41) is 3.13. The lowest BCUT2D eigenvalue weighted by Gasteiger charge is -2.29. The predicted octanol–water partition coefficient (Wildman–Crippen LogP) is 3.63. The van der Waals surface area contributed by atoms with Crippen LogP contribution in [0, 0.1) is 5.92 Å². The summed E-state index contributed by atoms with van der Waals surface area (Å²) in [6.07, 6.45) is 2.07. The number of hydrogen-bond donors (Lipinski definition) is 1. The third-order valence-electron chi connectivity index (χ3n) is 4.26. The zero-order chi connectivity index (χ0) is 15.4. The monoisotopic (exact) mass is 294 g/mol. The number of anilines is 1. The molecule has 1 N–H and O–H groups in total. The van der Waals surface area contributed by atoms with Gasteiger partial charge in [-0.3, -0.25) is 4.79 Å². The fraction of sp³-hybridized carbons (Fsp3) is 0.316. The molecule has 1 fully saturated rings. The van der Waals surface area contributed by atoms with Crippen LogP contribution in [0.2, 0.25) is 0 Å². The van der Waals surface area contributed by atoms with Gasteiger partial charge in [0, 0.05) is 17.8 Å². The van der Waals surface area contributed by atoms with Gasteiger partial charge < -0.3 is 10.2 Å². The first kappa shape index (κ1) is 14.8. The summed E-state index contributed by atoms with van der Waals surface area (Å²) in [6, 6.07) is 18.2. The molecule has 2 aromatic rings. The molecule has 22 heavy (non-hydrogen) atoms. The third kappa shape index (κ3) is 3.37. The van der Waals surface area contributed by atoms with Crippen LogP contribution >= 0.6 is 0 Å². The number of benzene rings is 2. The molecule has 0 aromatic heterocycles. The van der Waals surface area contributed by atoms with E-state index in [4.69, 9.17) is 0 Å². The Kier molecular flexibility index (Phi) is 4.54. The second-order valence-corrected chi connectivity index (χ2v) is 6.00. The van der Waals surface area contributed by atoms with E-state index in [9.17, 15) is 4.79 Å². The van der Waals surface area contributed by atoms with Gasteiger partial charge in [0.1, 0.15) is 0 Å². The van der Waals surface area contributed by atoms with E-state index in [1.54, 1.807) is 0 Å². The van der Waals surface area contributed by atoms with E-state index in [1.807, 2.05) is 36.4 Å².